The van der Waals surface area contributed by atoms with Gasteiger partial charge in [0.2, 0.25) is 11.4 Å². The summed E-state index contributed by atoms with van der Waals surface area (Å²) in [4.78, 5) is 2.04. The number of ether oxygens (including phenoxy) is 1. The predicted molar refractivity (Wildman–Crippen MR) is 155 cm³/mol. The van der Waals surface area contributed by atoms with Gasteiger partial charge in [-0.15, -0.1) is 0 Å². The summed E-state index contributed by atoms with van der Waals surface area (Å²) in [5, 5.41) is 35.5. The van der Waals surface area contributed by atoms with Crippen molar-refractivity contribution >= 4 is 104 Å². The van der Waals surface area contributed by atoms with Gasteiger partial charge in [0, 0.05) is 18.8 Å². The smallest absolute Gasteiger partial charge is 0.292 e. The Morgan fingerprint density at radius 2 is 1.41 bits per heavy atom. The Morgan fingerprint density at radius 1 is 0.846 bits per heavy atom. The van der Waals surface area contributed by atoms with Crippen molar-refractivity contribution in [2.45, 2.75) is 0 Å². The summed E-state index contributed by atoms with van der Waals surface area (Å²) in [6.45, 7) is 2.21. The monoisotopic (exact) mass is 791 g/mol. The van der Waals surface area contributed by atoms with E-state index in [4.69, 9.17) is 9.37 Å². The van der Waals surface area contributed by atoms with Gasteiger partial charge in [0.1, 0.15) is 22.7 Å². The largest absolute Gasteiger partial charge is 0.618 e. The van der Waals surface area contributed by atoms with Crippen molar-refractivity contribution in [1.82, 2.24) is 10.3 Å². The van der Waals surface area contributed by atoms with Crippen LogP contribution in [0.1, 0.15) is 5.56 Å². The van der Waals surface area contributed by atoms with Crippen LogP contribution < -0.4 is 4.90 Å². The summed E-state index contributed by atoms with van der Waals surface area (Å²) in [7, 11) is 0. The second kappa shape index (κ2) is 11.6. The maximum Gasteiger partial charge on any atom is 0.292 e. The molecule has 1 aliphatic rings. The normalized spacial score (nSPS) is 15.1. The second-order valence-electron chi connectivity index (χ2n) is 8.30. The average molecular weight is 795 g/mol. The topological polar surface area (TPSA) is 104 Å². The number of aromatic nitrogens is 2. The molecule has 15 heteroatoms. The van der Waals surface area contributed by atoms with Crippen LogP contribution >= 0.6 is 63.7 Å². The lowest BCUT2D eigenvalue weighted by Crippen LogP contribution is -2.36. The highest BCUT2D eigenvalue weighted by Crippen LogP contribution is 2.37. The Balaban J connectivity index is 1.81. The fourth-order valence-corrected chi connectivity index (χ4v) is 7.01. The van der Waals surface area contributed by atoms with Crippen LogP contribution in [0.25, 0.3) is 11.0 Å². The molecule has 0 N–H and O–H groups in total. The van der Waals surface area contributed by atoms with Crippen molar-refractivity contribution in [2.24, 2.45) is 0 Å². The molecule has 1 aliphatic heterocycles. The zero-order valence-corrected chi connectivity index (χ0v) is 25.9. The lowest BCUT2D eigenvalue weighted by atomic mass is 10.1. The molecular weight excluding hydrogens is 780 g/mol. The molecule has 5 rings (SSSR count). The molecule has 0 bridgehead atoms. The number of morpholine rings is 1. The first-order valence-electron chi connectivity index (χ1n) is 11.2. The third-order valence-electron chi connectivity index (χ3n) is 5.84. The van der Waals surface area contributed by atoms with Crippen LogP contribution in [-0.2, 0) is 4.74 Å². The lowest BCUT2D eigenvalue weighted by molar-refractivity contribution is -0.373. The highest BCUT2D eigenvalue weighted by Gasteiger charge is 2.29. The summed E-state index contributed by atoms with van der Waals surface area (Å²) in [6.07, 6.45) is 1.03. The van der Waals surface area contributed by atoms with Gasteiger partial charge in [0.05, 0.1) is 36.7 Å². The highest BCUT2D eigenvalue weighted by molar-refractivity contribution is 9.11. The molecule has 0 saturated carbocycles. The van der Waals surface area contributed by atoms with Gasteiger partial charge in [-0.25, -0.2) is 13.4 Å². The minimum absolute atomic E-state index is 0.00494. The molecule has 0 spiro atoms. The van der Waals surface area contributed by atoms with E-state index in [2.05, 4.69) is 74.0 Å². The minimum Gasteiger partial charge on any atom is -0.618 e. The molecule has 9 nitrogen and oxygen atoms in total. The zero-order valence-electron chi connectivity index (χ0n) is 19.5. The van der Waals surface area contributed by atoms with E-state index < -0.39 is 11.6 Å². The first kappa shape index (κ1) is 28.1. The fraction of sp³-hybridized carbons (Fsp3) is 0.167. The van der Waals surface area contributed by atoms with Crippen LogP contribution in [0.5, 0.6) is 0 Å². The maximum absolute atomic E-state index is 14.0. The van der Waals surface area contributed by atoms with Gasteiger partial charge in [-0.3, -0.25) is 0 Å². The van der Waals surface area contributed by atoms with Crippen molar-refractivity contribution in [3.8, 4) is 0 Å². The molecule has 4 aromatic rings. The molecule has 1 fully saturated rings. The van der Waals surface area contributed by atoms with Crippen LogP contribution in [0.2, 0.25) is 0 Å². The second-order valence-corrected chi connectivity index (χ2v) is 11.7. The van der Waals surface area contributed by atoms with Gasteiger partial charge in [0.25, 0.3) is 11.9 Å². The molecule has 0 atom stereocenters. The number of fused-ring (bicyclic) bond motifs is 1. The maximum atomic E-state index is 14.0. The number of hydrogen-bond acceptors (Lipinski definition) is 7. The molecule has 0 unspecified atom stereocenters. The first-order chi connectivity index (χ1) is 18.6. The molecule has 1 saturated heterocycles. The van der Waals surface area contributed by atoms with E-state index in [1.165, 1.54) is 0 Å². The molecule has 39 heavy (non-hydrogen) atoms. The van der Waals surface area contributed by atoms with Gasteiger partial charge >= 0.3 is 0 Å². The highest BCUT2D eigenvalue weighted by atomic mass is 79.9. The van der Waals surface area contributed by atoms with E-state index in [-0.39, 0.29) is 46.1 Å². The number of nitrogens with zero attached hydrogens (tertiary/aromatic N) is 5. The number of benzene rings is 3. The van der Waals surface area contributed by atoms with Crippen molar-refractivity contribution < 1.29 is 27.6 Å². The predicted octanol–water partition coefficient (Wildman–Crippen LogP) is 6.93. The van der Waals surface area contributed by atoms with Crippen LogP contribution in [-0.4, -0.2) is 58.0 Å². The van der Waals surface area contributed by atoms with E-state index in [9.17, 15) is 19.2 Å². The molecule has 0 aliphatic carbocycles. The molecule has 0 amide bonds. The van der Waals surface area contributed by atoms with Crippen LogP contribution in [0, 0.1) is 22.0 Å². The molecule has 1 aromatic heterocycles. The third-order valence-corrected chi connectivity index (χ3v) is 8.26. The number of halogens is 6. The molecule has 0 radical (unpaired) electrons. The summed E-state index contributed by atoms with van der Waals surface area (Å²) in [5.41, 5.74) is 1.34. The number of rotatable bonds is 5. The summed E-state index contributed by atoms with van der Waals surface area (Å²) in [5.74, 6) is -1.16. The van der Waals surface area contributed by atoms with E-state index in [1.807, 2.05) is 4.90 Å². The number of anilines is 1. The van der Waals surface area contributed by atoms with Crippen LogP contribution in [0.15, 0.2) is 58.9 Å². The standard InChI is InChI=1S/C24H15Br4F2N5O4/c25-16-5-12(29)6-17(26)23(16)34(36)11-21(35(37)24-18(27)7-13(30)8-19(24)28)15-9-14(33-1-3-38-4-2-33)10-20-22(15)32-39-31-20/h5-11H,1-4H2/b34-11-,35-21-. The molecule has 3 aromatic carbocycles. The third kappa shape index (κ3) is 5.73. The Hall–Kier alpha value is -2.46. The van der Waals surface area contributed by atoms with Crippen molar-refractivity contribution in [2.75, 3.05) is 31.2 Å². The Morgan fingerprint density at radius 3 is 2.00 bits per heavy atom. The number of hydrogen-bond donors (Lipinski definition) is 0. The van der Waals surface area contributed by atoms with Gasteiger partial charge < -0.3 is 20.1 Å². The van der Waals surface area contributed by atoms with Crippen molar-refractivity contribution in [3.63, 3.8) is 0 Å². The Labute approximate surface area is 253 Å². The summed E-state index contributed by atoms with van der Waals surface area (Å²) >= 11 is 12.9. The SMILES string of the molecule is [O-]/[N+](=C\C(c1cc(N2CCOCC2)cc2nonc12)=[N+](\[O-])c1c(Br)cc(F)cc1Br)c1c(Br)cc(F)cc1Br. The summed E-state index contributed by atoms with van der Waals surface area (Å²) in [6, 6.07) is 7.96. The van der Waals surface area contributed by atoms with E-state index >= 15 is 0 Å². The van der Waals surface area contributed by atoms with E-state index in [0.29, 0.717) is 47.0 Å². The van der Waals surface area contributed by atoms with Gasteiger partial charge in [-0.1, -0.05) is 0 Å². The van der Waals surface area contributed by atoms with Crippen molar-refractivity contribution in [3.05, 3.63) is 81.9 Å². The Kier molecular flexibility index (Phi) is 8.33. The average Bonchev–Trinajstić information content (AvgIpc) is 3.35. The quantitative estimate of drug-likeness (QED) is 0.0935. The van der Waals surface area contributed by atoms with Crippen LogP contribution in [0.3, 0.4) is 0 Å². The Bertz CT molecular complexity index is 1610. The fourth-order valence-electron chi connectivity index (χ4n) is 4.08. The first-order valence-corrected chi connectivity index (χ1v) is 14.3. The van der Waals surface area contributed by atoms with E-state index in [1.54, 1.807) is 12.1 Å². The lowest BCUT2D eigenvalue weighted by Gasteiger charge is -2.29. The molecule has 202 valence electrons. The minimum atomic E-state index is -0.585. The molecular formula is C24H15Br4F2N5O4. The van der Waals surface area contributed by atoms with Gasteiger partial charge in [-0.2, -0.15) is 9.48 Å². The van der Waals surface area contributed by atoms with Crippen molar-refractivity contribution in [1.29, 1.82) is 0 Å². The molecule has 2 heterocycles. The zero-order chi connectivity index (χ0) is 27.8. The van der Waals surface area contributed by atoms with Crippen LogP contribution in [0.4, 0.5) is 25.8 Å². The summed E-state index contributed by atoms with van der Waals surface area (Å²) < 4.78 is 39.8. The van der Waals surface area contributed by atoms with E-state index in [0.717, 1.165) is 30.5 Å². The van der Waals surface area contributed by atoms with Gasteiger partial charge in [-0.05, 0) is 110 Å². The van der Waals surface area contributed by atoms with Gasteiger partial charge in [0.15, 0.2) is 0 Å².